The molecule has 4 nitrogen and oxygen atoms in total. The summed E-state index contributed by atoms with van der Waals surface area (Å²) in [4.78, 5) is 0. The van der Waals surface area contributed by atoms with Gasteiger partial charge in [0.15, 0.2) is 0 Å². The first-order valence-corrected chi connectivity index (χ1v) is 11.6. The predicted molar refractivity (Wildman–Crippen MR) is 133 cm³/mol. The lowest BCUT2D eigenvalue weighted by atomic mass is 9.90. The first-order valence-electron chi connectivity index (χ1n) is 11.6. The molecule has 168 valence electrons. The molecule has 1 saturated heterocycles. The standard InChI is InChI=1S/C29H29NO3/c31-24-8-5-21(6-9-24)27-13-7-22-19-25(32)10-14-28(22)29(27)18-20-3-11-26(12-4-20)33-17-15-23-2-1-16-30-23/h3-14,19,23,30-32H,1-2,15-18H2. The Labute approximate surface area is 194 Å². The molecule has 33 heavy (non-hydrogen) atoms. The normalized spacial score (nSPS) is 15.7. The van der Waals surface area contributed by atoms with E-state index in [1.54, 1.807) is 24.3 Å². The number of phenolic OH excluding ortho intramolecular Hbond substituents is 2. The number of ether oxygens (including phenoxy) is 1. The number of hydrogen-bond acceptors (Lipinski definition) is 4. The number of aromatic hydroxyl groups is 2. The van der Waals surface area contributed by atoms with E-state index in [0.29, 0.717) is 6.04 Å². The third-order valence-electron chi connectivity index (χ3n) is 6.49. The quantitative estimate of drug-likeness (QED) is 0.329. The zero-order chi connectivity index (χ0) is 22.6. The number of fused-ring (bicyclic) bond motifs is 1. The van der Waals surface area contributed by atoms with Crippen molar-refractivity contribution in [3.05, 3.63) is 90.0 Å². The highest BCUT2D eigenvalue weighted by atomic mass is 16.5. The molecular weight excluding hydrogens is 410 g/mol. The van der Waals surface area contributed by atoms with Gasteiger partial charge >= 0.3 is 0 Å². The van der Waals surface area contributed by atoms with E-state index >= 15 is 0 Å². The lowest BCUT2D eigenvalue weighted by Crippen LogP contribution is -2.23. The summed E-state index contributed by atoms with van der Waals surface area (Å²) in [6.45, 7) is 1.86. The molecule has 1 heterocycles. The molecule has 1 aliphatic rings. The Bertz CT molecular complexity index is 1230. The largest absolute Gasteiger partial charge is 0.508 e. The Morgan fingerprint density at radius 1 is 0.848 bits per heavy atom. The molecule has 4 aromatic carbocycles. The van der Waals surface area contributed by atoms with E-state index < -0.39 is 0 Å². The summed E-state index contributed by atoms with van der Waals surface area (Å²) in [5, 5.41) is 25.3. The van der Waals surface area contributed by atoms with Gasteiger partial charge < -0.3 is 20.3 Å². The van der Waals surface area contributed by atoms with Crippen LogP contribution >= 0.6 is 0 Å². The molecule has 0 aromatic heterocycles. The van der Waals surface area contributed by atoms with Gasteiger partial charge in [-0.15, -0.1) is 0 Å². The SMILES string of the molecule is Oc1ccc(-c2ccc3cc(O)ccc3c2Cc2ccc(OCCC3CCCN3)cc2)cc1. The van der Waals surface area contributed by atoms with Crippen LogP contribution in [0.5, 0.6) is 17.2 Å². The minimum Gasteiger partial charge on any atom is -0.508 e. The van der Waals surface area contributed by atoms with Gasteiger partial charge in [-0.1, -0.05) is 42.5 Å². The van der Waals surface area contributed by atoms with Crippen molar-refractivity contribution in [2.45, 2.75) is 31.7 Å². The zero-order valence-corrected chi connectivity index (χ0v) is 18.6. The highest BCUT2D eigenvalue weighted by Gasteiger charge is 2.14. The fraction of sp³-hybridized carbons (Fsp3) is 0.241. The number of benzene rings is 4. The molecule has 4 heteroatoms. The van der Waals surface area contributed by atoms with Crippen LogP contribution in [-0.4, -0.2) is 29.4 Å². The van der Waals surface area contributed by atoms with Crippen molar-refractivity contribution in [2.75, 3.05) is 13.2 Å². The van der Waals surface area contributed by atoms with Crippen LogP contribution in [-0.2, 0) is 6.42 Å². The van der Waals surface area contributed by atoms with Gasteiger partial charge in [0.25, 0.3) is 0 Å². The molecule has 4 aromatic rings. The third-order valence-corrected chi connectivity index (χ3v) is 6.49. The summed E-state index contributed by atoms with van der Waals surface area (Å²) >= 11 is 0. The van der Waals surface area contributed by atoms with Crippen molar-refractivity contribution >= 4 is 10.8 Å². The number of nitrogens with one attached hydrogen (secondary N) is 1. The van der Waals surface area contributed by atoms with Crippen LogP contribution in [0.15, 0.2) is 78.9 Å². The van der Waals surface area contributed by atoms with Gasteiger partial charge in [-0.2, -0.15) is 0 Å². The first-order chi connectivity index (χ1) is 16.2. The summed E-state index contributed by atoms with van der Waals surface area (Å²) < 4.78 is 5.97. The summed E-state index contributed by atoms with van der Waals surface area (Å²) in [6.07, 6.45) is 4.30. The van der Waals surface area contributed by atoms with Crippen molar-refractivity contribution < 1.29 is 14.9 Å². The summed E-state index contributed by atoms with van der Waals surface area (Å²) in [7, 11) is 0. The smallest absolute Gasteiger partial charge is 0.119 e. The van der Waals surface area contributed by atoms with Crippen molar-refractivity contribution in [3.63, 3.8) is 0 Å². The Kier molecular flexibility index (Phi) is 6.18. The molecule has 1 aliphatic heterocycles. The molecule has 1 atom stereocenters. The van der Waals surface area contributed by atoms with Crippen LogP contribution in [0.3, 0.4) is 0 Å². The monoisotopic (exact) mass is 439 g/mol. The van der Waals surface area contributed by atoms with E-state index in [4.69, 9.17) is 4.74 Å². The minimum absolute atomic E-state index is 0.255. The van der Waals surface area contributed by atoms with E-state index in [9.17, 15) is 10.2 Å². The summed E-state index contributed by atoms with van der Waals surface area (Å²) in [5.41, 5.74) is 4.57. The van der Waals surface area contributed by atoms with Gasteiger partial charge in [0.1, 0.15) is 17.2 Å². The maximum absolute atomic E-state index is 9.95. The van der Waals surface area contributed by atoms with E-state index in [1.807, 2.05) is 24.3 Å². The lowest BCUT2D eigenvalue weighted by molar-refractivity contribution is 0.292. The molecule has 1 unspecified atom stereocenters. The van der Waals surface area contributed by atoms with E-state index in [0.717, 1.165) is 53.6 Å². The van der Waals surface area contributed by atoms with Gasteiger partial charge in [-0.05, 0) is 102 Å². The van der Waals surface area contributed by atoms with Gasteiger partial charge in [0, 0.05) is 6.04 Å². The van der Waals surface area contributed by atoms with Crippen molar-refractivity contribution in [1.29, 1.82) is 0 Å². The average Bonchev–Trinajstić information content (AvgIpc) is 3.34. The van der Waals surface area contributed by atoms with Crippen LogP contribution in [0.2, 0.25) is 0 Å². The lowest BCUT2D eigenvalue weighted by Gasteiger charge is -2.15. The molecule has 0 bridgehead atoms. The van der Waals surface area contributed by atoms with E-state index in [2.05, 4.69) is 35.6 Å². The van der Waals surface area contributed by atoms with Crippen molar-refractivity contribution in [3.8, 4) is 28.4 Å². The summed E-state index contributed by atoms with van der Waals surface area (Å²) in [6, 6.07) is 25.9. The second kappa shape index (κ2) is 9.55. The fourth-order valence-electron chi connectivity index (χ4n) is 4.71. The predicted octanol–water partition coefficient (Wildman–Crippen LogP) is 6.03. The minimum atomic E-state index is 0.255. The molecule has 0 radical (unpaired) electrons. The maximum Gasteiger partial charge on any atom is 0.119 e. The zero-order valence-electron chi connectivity index (χ0n) is 18.6. The topological polar surface area (TPSA) is 61.7 Å². The van der Waals surface area contributed by atoms with Crippen LogP contribution in [0.25, 0.3) is 21.9 Å². The Hall–Kier alpha value is -3.50. The third kappa shape index (κ3) is 4.96. The molecule has 0 saturated carbocycles. The van der Waals surface area contributed by atoms with Crippen LogP contribution in [0.1, 0.15) is 30.4 Å². The van der Waals surface area contributed by atoms with Crippen LogP contribution in [0, 0.1) is 0 Å². The molecule has 1 fully saturated rings. The van der Waals surface area contributed by atoms with Crippen LogP contribution in [0.4, 0.5) is 0 Å². The van der Waals surface area contributed by atoms with Gasteiger partial charge in [-0.25, -0.2) is 0 Å². The number of rotatable bonds is 7. The molecule has 0 spiro atoms. The van der Waals surface area contributed by atoms with Gasteiger partial charge in [0.05, 0.1) is 6.61 Å². The van der Waals surface area contributed by atoms with Crippen molar-refractivity contribution in [1.82, 2.24) is 5.32 Å². The van der Waals surface area contributed by atoms with E-state index in [1.165, 1.54) is 24.0 Å². The molecule has 0 aliphatic carbocycles. The van der Waals surface area contributed by atoms with Crippen molar-refractivity contribution in [2.24, 2.45) is 0 Å². The van der Waals surface area contributed by atoms with Gasteiger partial charge in [-0.3, -0.25) is 0 Å². The highest BCUT2D eigenvalue weighted by Crippen LogP contribution is 2.34. The molecular formula is C29H29NO3. The highest BCUT2D eigenvalue weighted by molar-refractivity contribution is 5.93. The number of hydrogen-bond donors (Lipinski definition) is 3. The summed E-state index contributed by atoms with van der Waals surface area (Å²) in [5.74, 6) is 1.42. The Morgan fingerprint density at radius 2 is 1.64 bits per heavy atom. The number of phenols is 2. The second-order valence-corrected chi connectivity index (χ2v) is 8.80. The Balaban J connectivity index is 1.40. The Morgan fingerprint density at radius 3 is 2.39 bits per heavy atom. The molecule has 3 N–H and O–H groups in total. The fourth-order valence-corrected chi connectivity index (χ4v) is 4.71. The molecule has 5 rings (SSSR count). The second-order valence-electron chi connectivity index (χ2n) is 8.80. The van der Waals surface area contributed by atoms with Gasteiger partial charge in [0.2, 0.25) is 0 Å². The van der Waals surface area contributed by atoms with E-state index in [-0.39, 0.29) is 11.5 Å². The first kappa shape index (κ1) is 21.4. The maximum atomic E-state index is 9.95. The average molecular weight is 440 g/mol. The van der Waals surface area contributed by atoms with Crippen LogP contribution < -0.4 is 10.1 Å². The molecule has 0 amide bonds.